The molecule has 4 nitrogen and oxygen atoms in total. The summed E-state index contributed by atoms with van der Waals surface area (Å²) in [5, 5.41) is 20.0. The largest absolute Gasteiger partial charge is 0.392 e. The molecule has 1 aromatic carbocycles. The van der Waals surface area contributed by atoms with Crippen molar-refractivity contribution in [1.82, 2.24) is 0 Å². The van der Waals surface area contributed by atoms with Gasteiger partial charge >= 0.3 is 0 Å². The zero-order chi connectivity index (χ0) is 11.6. The van der Waals surface area contributed by atoms with E-state index in [1.807, 2.05) is 20.8 Å². The first-order chi connectivity index (χ1) is 6.88. The molecule has 82 valence electrons. The van der Waals surface area contributed by atoms with Crippen LogP contribution in [0, 0.1) is 10.1 Å². The summed E-state index contributed by atoms with van der Waals surface area (Å²) in [5.41, 5.74) is 0.963. The van der Waals surface area contributed by atoms with Crippen LogP contribution in [0.5, 0.6) is 0 Å². The van der Waals surface area contributed by atoms with Crippen molar-refractivity contribution >= 4 is 5.69 Å². The van der Waals surface area contributed by atoms with Gasteiger partial charge in [0.1, 0.15) is 0 Å². The second-order valence-corrected chi connectivity index (χ2v) is 4.48. The van der Waals surface area contributed by atoms with E-state index in [0.29, 0.717) is 11.1 Å². The summed E-state index contributed by atoms with van der Waals surface area (Å²) in [7, 11) is 0. The Morgan fingerprint density at radius 3 is 2.40 bits per heavy atom. The van der Waals surface area contributed by atoms with Gasteiger partial charge in [-0.3, -0.25) is 10.1 Å². The van der Waals surface area contributed by atoms with E-state index in [1.54, 1.807) is 12.1 Å². The zero-order valence-corrected chi connectivity index (χ0v) is 9.15. The first-order valence-electron chi connectivity index (χ1n) is 4.75. The Morgan fingerprint density at radius 2 is 2.00 bits per heavy atom. The standard InChI is InChI=1S/C11H15NO3/c1-11(2,3)10-8(7-13)5-4-6-9(10)12(14)15/h4-6,13H,7H2,1-3H3. The number of rotatable bonds is 2. The molecule has 0 saturated heterocycles. The molecule has 0 amide bonds. The predicted octanol–water partition coefficient (Wildman–Crippen LogP) is 2.38. The van der Waals surface area contributed by atoms with Crippen LogP contribution in [0.3, 0.4) is 0 Å². The van der Waals surface area contributed by atoms with E-state index in [2.05, 4.69) is 0 Å². The topological polar surface area (TPSA) is 63.4 Å². The lowest BCUT2D eigenvalue weighted by Crippen LogP contribution is -2.16. The third-order valence-electron chi connectivity index (χ3n) is 2.25. The average molecular weight is 209 g/mol. The summed E-state index contributed by atoms with van der Waals surface area (Å²) < 4.78 is 0. The van der Waals surface area contributed by atoms with E-state index < -0.39 is 4.92 Å². The SMILES string of the molecule is CC(C)(C)c1c(CO)cccc1[N+](=O)[O-]. The summed E-state index contributed by atoms with van der Waals surface area (Å²) in [4.78, 5) is 10.5. The third kappa shape index (κ3) is 2.33. The molecule has 0 radical (unpaired) electrons. The Morgan fingerprint density at radius 1 is 1.40 bits per heavy atom. The molecule has 0 aliphatic heterocycles. The number of benzene rings is 1. The Balaban J connectivity index is 3.47. The van der Waals surface area contributed by atoms with Gasteiger partial charge in [-0.1, -0.05) is 32.9 Å². The lowest BCUT2D eigenvalue weighted by molar-refractivity contribution is -0.386. The first kappa shape index (κ1) is 11.7. The lowest BCUT2D eigenvalue weighted by atomic mass is 9.82. The molecule has 0 spiro atoms. The molecule has 0 aliphatic carbocycles. The van der Waals surface area contributed by atoms with Gasteiger partial charge < -0.3 is 5.11 Å². The average Bonchev–Trinajstić information content (AvgIpc) is 2.15. The highest BCUT2D eigenvalue weighted by Gasteiger charge is 2.27. The van der Waals surface area contributed by atoms with Crippen LogP contribution in [-0.2, 0) is 12.0 Å². The van der Waals surface area contributed by atoms with Gasteiger partial charge in [-0.15, -0.1) is 0 Å². The van der Waals surface area contributed by atoms with Crippen molar-refractivity contribution in [3.8, 4) is 0 Å². The molecule has 0 atom stereocenters. The maximum atomic E-state index is 10.9. The van der Waals surface area contributed by atoms with Gasteiger partial charge in [-0.25, -0.2) is 0 Å². The van der Waals surface area contributed by atoms with E-state index in [-0.39, 0.29) is 17.7 Å². The normalized spacial score (nSPS) is 11.5. The van der Waals surface area contributed by atoms with Gasteiger partial charge in [-0.2, -0.15) is 0 Å². The Bertz CT molecular complexity index is 380. The smallest absolute Gasteiger partial charge is 0.273 e. The Hall–Kier alpha value is -1.42. The maximum absolute atomic E-state index is 10.9. The van der Waals surface area contributed by atoms with Crippen molar-refractivity contribution in [3.05, 3.63) is 39.4 Å². The number of nitro benzene ring substituents is 1. The fraction of sp³-hybridized carbons (Fsp3) is 0.455. The molecule has 1 N–H and O–H groups in total. The van der Waals surface area contributed by atoms with Crippen LogP contribution in [0.25, 0.3) is 0 Å². The minimum absolute atomic E-state index is 0.0778. The molecular formula is C11H15NO3. The number of nitro groups is 1. The number of hydrogen-bond donors (Lipinski definition) is 1. The summed E-state index contributed by atoms with van der Waals surface area (Å²) in [5.74, 6) is 0. The van der Waals surface area contributed by atoms with Crippen molar-refractivity contribution in [2.24, 2.45) is 0 Å². The van der Waals surface area contributed by atoms with Gasteiger partial charge in [0.2, 0.25) is 0 Å². The van der Waals surface area contributed by atoms with Crippen molar-refractivity contribution < 1.29 is 10.0 Å². The van der Waals surface area contributed by atoms with Crippen LogP contribution in [0.1, 0.15) is 31.9 Å². The maximum Gasteiger partial charge on any atom is 0.273 e. The van der Waals surface area contributed by atoms with Gasteiger partial charge in [0, 0.05) is 11.6 Å². The minimum Gasteiger partial charge on any atom is -0.392 e. The van der Waals surface area contributed by atoms with E-state index >= 15 is 0 Å². The Labute approximate surface area is 88.7 Å². The van der Waals surface area contributed by atoms with Crippen molar-refractivity contribution in [3.63, 3.8) is 0 Å². The first-order valence-corrected chi connectivity index (χ1v) is 4.75. The van der Waals surface area contributed by atoms with Crippen LogP contribution >= 0.6 is 0 Å². The van der Waals surface area contributed by atoms with Gasteiger partial charge in [0.15, 0.2) is 0 Å². The lowest BCUT2D eigenvalue weighted by Gasteiger charge is -2.21. The summed E-state index contributed by atoms with van der Waals surface area (Å²) in [6.07, 6.45) is 0. The van der Waals surface area contributed by atoms with Gasteiger partial charge in [0.25, 0.3) is 5.69 Å². The molecule has 0 heterocycles. The molecule has 0 bridgehead atoms. The molecule has 15 heavy (non-hydrogen) atoms. The molecular weight excluding hydrogens is 194 g/mol. The molecule has 0 aliphatic rings. The van der Waals surface area contributed by atoms with Crippen LogP contribution in [-0.4, -0.2) is 10.0 Å². The third-order valence-corrected chi connectivity index (χ3v) is 2.25. The molecule has 1 aromatic rings. The van der Waals surface area contributed by atoms with Crippen molar-refractivity contribution in [1.29, 1.82) is 0 Å². The van der Waals surface area contributed by atoms with E-state index in [9.17, 15) is 10.1 Å². The van der Waals surface area contributed by atoms with E-state index in [4.69, 9.17) is 5.11 Å². The molecule has 0 saturated carbocycles. The summed E-state index contributed by atoms with van der Waals surface area (Å²) in [6, 6.07) is 4.78. The van der Waals surface area contributed by atoms with Crippen LogP contribution in [0.4, 0.5) is 5.69 Å². The van der Waals surface area contributed by atoms with Gasteiger partial charge in [0.05, 0.1) is 11.5 Å². The Kier molecular flexibility index (Phi) is 3.09. The number of nitrogens with zero attached hydrogens (tertiary/aromatic N) is 1. The highest BCUT2D eigenvalue weighted by molar-refractivity contribution is 5.49. The fourth-order valence-electron chi connectivity index (χ4n) is 1.74. The summed E-state index contributed by atoms with van der Waals surface area (Å²) in [6.45, 7) is 5.52. The zero-order valence-electron chi connectivity index (χ0n) is 9.15. The highest BCUT2D eigenvalue weighted by atomic mass is 16.6. The second kappa shape index (κ2) is 3.98. The number of aliphatic hydroxyl groups excluding tert-OH is 1. The van der Waals surface area contributed by atoms with E-state index in [0.717, 1.165) is 0 Å². The minimum atomic E-state index is -0.403. The monoisotopic (exact) mass is 209 g/mol. The van der Waals surface area contributed by atoms with Crippen molar-refractivity contribution in [2.75, 3.05) is 0 Å². The van der Waals surface area contributed by atoms with Crippen LogP contribution in [0.15, 0.2) is 18.2 Å². The van der Waals surface area contributed by atoms with Gasteiger partial charge in [-0.05, 0) is 11.0 Å². The summed E-state index contributed by atoms with van der Waals surface area (Å²) >= 11 is 0. The molecule has 0 unspecified atom stereocenters. The molecule has 1 rings (SSSR count). The fourth-order valence-corrected chi connectivity index (χ4v) is 1.74. The highest BCUT2D eigenvalue weighted by Crippen LogP contribution is 2.33. The number of hydrogen-bond acceptors (Lipinski definition) is 3. The molecule has 4 heteroatoms. The predicted molar refractivity (Wildman–Crippen MR) is 57.7 cm³/mol. The van der Waals surface area contributed by atoms with Crippen LogP contribution in [0.2, 0.25) is 0 Å². The number of aliphatic hydroxyl groups is 1. The second-order valence-electron chi connectivity index (χ2n) is 4.48. The van der Waals surface area contributed by atoms with Crippen LogP contribution < -0.4 is 0 Å². The van der Waals surface area contributed by atoms with Crippen molar-refractivity contribution in [2.45, 2.75) is 32.8 Å². The van der Waals surface area contributed by atoms with E-state index in [1.165, 1.54) is 6.07 Å². The molecule has 0 aromatic heterocycles. The molecule has 0 fully saturated rings. The quantitative estimate of drug-likeness (QED) is 0.600.